The second-order valence-electron chi connectivity index (χ2n) is 4.16. The minimum absolute atomic E-state index is 0.0307. The lowest BCUT2D eigenvalue weighted by atomic mass is 9.99. The van der Waals surface area contributed by atoms with Gasteiger partial charge in [-0.15, -0.1) is 0 Å². The molecule has 0 amide bonds. The van der Waals surface area contributed by atoms with E-state index in [1.54, 1.807) is 42.5 Å². The molecule has 0 aliphatic heterocycles. The normalized spacial score (nSPS) is 12.2. The van der Waals surface area contributed by atoms with E-state index in [2.05, 4.69) is 4.98 Å². The highest BCUT2D eigenvalue weighted by Crippen LogP contribution is 2.31. The number of alkyl halides is 2. The number of hydrogen-bond acceptors (Lipinski definition) is 2. The van der Waals surface area contributed by atoms with Crippen LogP contribution in [0, 0.1) is 0 Å². The summed E-state index contributed by atoms with van der Waals surface area (Å²) in [5.74, 6) is -1.23. The third kappa shape index (κ3) is 3.55. The number of Topliss-reactive ketones (excluding diaryl/α,β-unsaturated/α-hetero) is 1. The summed E-state index contributed by atoms with van der Waals surface area (Å²) in [7, 11) is 1.28. The molecule has 20 heavy (non-hydrogen) atoms. The zero-order chi connectivity index (χ0) is 14.6. The third-order valence-electron chi connectivity index (χ3n) is 2.65. The van der Waals surface area contributed by atoms with Gasteiger partial charge in [-0.3, -0.25) is 9.78 Å². The highest BCUT2D eigenvalue weighted by atomic mass is 31.0. The van der Waals surface area contributed by atoms with Gasteiger partial charge >= 0.3 is 5.66 Å². The molecule has 0 saturated carbocycles. The zero-order valence-electron chi connectivity index (χ0n) is 10.5. The monoisotopic (exact) mass is 291 g/mol. The summed E-state index contributed by atoms with van der Waals surface area (Å²) in [6.07, 6.45) is 4.52. The number of rotatable bonds is 4. The van der Waals surface area contributed by atoms with Gasteiger partial charge in [0.2, 0.25) is 5.78 Å². The Morgan fingerprint density at radius 2 is 1.70 bits per heavy atom. The first-order valence-electron chi connectivity index (χ1n) is 5.87. The van der Waals surface area contributed by atoms with E-state index in [-0.39, 0.29) is 5.57 Å². The highest BCUT2D eigenvalue weighted by Gasteiger charge is 2.35. The van der Waals surface area contributed by atoms with Crippen LogP contribution in [-0.4, -0.2) is 16.4 Å². The van der Waals surface area contributed by atoms with Crippen molar-refractivity contribution < 1.29 is 13.6 Å². The maximum Gasteiger partial charge on any atom is 0.320 e. The van der Waals surface area contributed by atoms with Gasteiger partial charge in [-0.1, -0.05) is 39.6 Å². The predicted molar refractivity (Wildman–Crippen MR) is 78.2 cm³/mol. The SMILES string of the molecule is O=C(/C(=C/c1ccncc1)c1ccccc1)C(F)(F)P. The molecule has 2 aromatic rings. The molecule has 0 aliphatic carbocycles. The van der Waals surface area contributed by atoms with Gasteiger partial charge in [0, 0.05) is 18.0 Å². The molecule has 5 heteroatoms. The Morgan fingerprint density at radius 3 is 2.25 bits per heavy atom. The standard InChI is InChI=1S/C15H12F2NOP/c16-15(17,20)14(19)13(12-4-2-1-3-5-12)10-11-6-8-18-9-7-11/h1-10H,20H2/b13-10+. The first kappa shape index (κ1) is 14.5. The first-order valence-corrected chi connectivity index (χ1v) is 6.45. The van der Waals surface area contributed by atoms with E-state index in [0.29, 0.717) is 11.1 Å². The molecule has 1 aromatic carbocycles. The van der Waals surface area contributed by atoms with Gasteiger partial charge < -0.3 is 0 Å². The van der Waals surface area contributed by atoms with Crippen LogP contribution in [-0.2, 0) is 4.79 Å². The van der Waals surface area contributed by atoms with Crippen molar-refractivity contribution in [2.75, 3.05) is 0 Å². The van der Waals surface area contributed by atoms with E-state index < -0.39 is 11.4 Å². The maximum absolute atomic E-state index is 13.3. The molecule has 0 radical (unpaired) electrons. The summed E-state index contributed by atoms with van der Waals surface area (Å²) in [5.41, 5.74) is -2.43. The van der Waals surface area contributed by atoms with Crippen LogP contribution in [0.4, 0.5) is 8.78 Å². The highest BCUT2D eigenvalue weighted by molar-refractivity contribution is 7.20. The number of halogens is 2. The number of hydrogen-bond donors (Lipinski definition) is 0. The van der Waals surface area contributed by atoms with Crippen LogP contribution >= 0.6 is 9.24 Å². The van der Waals surface area contributed by atoms with Crippen LogP contribution in [0.1, 0.15) is 11.1 Å². The van der Waals surface area contributed by atoms with Crippen molar-refractivity contribution in [1.29, 1.82) is 0 Å². The molecule has 0 spiro atoms. The van der Waals surface area contributed by atoms with Gasteiger partial charge in [0.15, 0.2) is 0 Å². The molecule has 1 unspecified atom stereocenters. The molecule has 0 aliphatic rings. The van der Waals surface area contributed by atoms with Gasteiger partial charge in [0.05, 0.1) is 0 Å². The molecule has 1 atom stereocenters. The lowest BCUT2D eigenvalue weighted by Crippen LogP contribution is -2.21. The number of allylic oxidation sites excluding steroid dienone is 1. The van der Waals surface area contributed by atoms with Crippen LogP contribution in [0.2, 0.25) is 0 Å². The number of pyridine rings is 1. The summed E-state index contributed by atoms with van der Waals surface area (Å²) < 4.78 is 26.6. The molecular weight excluding hydrogens is 279 g/mol. The summed E-state index contributed by atoms with van der Waals surface area (Å²) >= 11 is 0. The van der Waals surface area contributed by atoms with E-state index in [1.165, 1.54) is 27.7 Å². The Hall–Kier alpha value is -1.93. The second-order valence-corrected chi connectivity index (χ2v) is 4.88. The van der Waals surface area contributed by atoms with Crippen molar-refractivity contribution in [3.8, 4) is 0 Å². The first-order chi connectivity index (χ1) is 9.48. The van der Waals surface area contributed by atoms with Crippen LogP contribution in [0.15, 0.2) is 54.9 Å². The van der Waals surface area contributed by atoms with E-state index in [0.717, 1.165) is 0 Å². The van der Waals surface area contributed by atoms with E-state index in [1.807, 2.05) is 0 Å². The summed E-state index contributed by atoms with van der Waals surface area (Å²) in [6.45, 7) is 0. The topological polar surface area (TPSA) is 30.0 Å². The van der Waals surface area contributed by atoms with Crippen LogP contribution < -0.4 is 0 Å². The summed E-state index contributed by atoms with van der Waals surface area (Å²) in [4.78, 5) is 15.8. The fraction of sp³-hybridized carbons (Fsp3) is 0.0667. The van der Waals surface area contributed by atoms with Gasteiger partial charge in [-0.25, -0.2) is 0 Å². The fourth-order valence-corrected chi connectivity index (χ4v) is 1.86. The molecule has 2 rings (SSSR count). The minimum atomic E-state index is -3.49. The average molecular weight is 291 g/mol. The molecule has 0 N–H and O–H groups in total. The molecule has 1 heterocycles. The molecule has 1 aromatic heterocycles. The molecule has 0 fully saturated rings. The maximum atomic E-state index is 13.3. The number of benzene rings is 1. The largest absolute Gasteiger partial charge is 0.320 e. The zero-order valence-corrected chi connectivity index (χ0v) is 11.6. The Kier molecular flexibility index (Phi) is 4.35. The Morgan fingerprint density at radius 1 is 1.10 bits per heavy atom. The minimum Gasteiger partial charge on any atom is -0.287 e. The number of nitrogens with zero attached hydrogens (tertiary/aromatic N) is 1. The Labute approximate surface area is 117 Å². The summed E-state index contributed by atoms with van der Waals surface area (Å²) in [5, 5.41) is 0. The van der Waals surface area contributed by atoms with Crippen molar-refractivity contribution in [2.24, 2.45) is 0 Å². The van der Waals surface area contributed by atoms with Gasteiger partial charge in [-0.2, -0.15) is 8.78 Å². The summed E-state index contributed by atoms with van der Waals surface area (Å²) in [6, 6.07) is 11.7. The third-order valence-corrected chi connectivity index (χ3v) is 2.91. The van der Waals surface area contributed by atoms with Gasteiger partial charge in [-0.05, 0) is 29.3 Å². The molecular formula is C15H12F2NOP. The Bertz CT molecular complexity index is 621. The van der Waals surface area contributed by atoms with E-state index in [9.17, 15) is 13.6 Å². The molecule has 102 valence electrons. The lowest BCUT2D eigenvalue weighted by molar-refractivity contribution is -0.126. The van der Waals surface area contributed by atoms with Crippen LogP contribution in [0.25, 0.3) is 11.6 Å². The quantitative estimate of drug-likeness (QED) is 0.635. The lowest BCUT2D eigenvalue weighted by Gasteiger charge is -2.12. The second kappa shape index (κ2) is 6.02. The van der Waals surface area contributed by atoms with Gasteiger partial charge in [0.1, 0.15) is 0 Å². The number of aromatic nitrogens is 1. The number of carbonyl (C=O) groups is 1. The predicted octanol–water partition coefficient (Wildman–Crippen LogP) is 3.66. The van der Waals surface area contributed by atoms with Crippen molar-refractivity contribution in [2.45, 2.75) is 5.66 Å². The molecule has 2 nitrogen and oxygen atoms in total. The van der Waals surface area contributed by atoms with E-state index >= 15 is 0 Å². The van der Waals surface area contributed by atoms with Gasteiger partial charge in [0.25, 0.3) is 0 Å². The fourth-order valence-electron chi connectivity index (χ4n) is 1.70. The van der Waals surface area contributed by atoms with E-state index in [4.69, 9.17) is 0 Å². The van der Waals surface area contributed by atoms with Crippen molar-refractivity contribution in [3.63, 3.8) is 0 Å². The van der Waals surface area contributed by atoms with Crippen molar-refractivity contribution in [3.05, 3.63) is 66.0 Å². The molecule has 0 saturated heterocycles. The number of ketones is 1. The smallest absolute Gasteiger partial charge is 0.287 e. The van der Waals surface area contributed by atoms with Crippen LogP contribution in [0.3, 0.4) is 0 Å². The average Bonchev–Trinajstić information content (AvgIpc) is 2.45. The van der Waals surface area contributed by atoms with Crippen LogP contribution in [0.5, 0.6) is 0 Å². The number of carbonyl (C=O) groups excluding carboxylic acids is 1. The Balaban J connectivity index is 2.51. The van der Waals surface area contributed by atoms with Crippen molar-refractivity contribution >= 4 is 26.7 Å². The molecule has 0 bridgehead atoms. The van der Waals surface area contributed by atoms with Crippen molar-refractivity contribution in [1.82, 2.24) is 4.98 Å².